The van der Waals surface area contributed by atoms with Gasteiger partial charge in [-0.3, -0.25) is 4.79 Å². The van der Waals surface area contributed by atoms with E-state index in [1.807, 2.05) is 30.6 Å². The molecule has 0 radical (unpaired) electrons. The van der Waals surface area contributed by atoms with E-state index in [0.717, 1.165) is 35.2 Å². The van der Waals surface area contributed by atoms with Crippen LogP contribution in [0.15, 0.2) is 35.4 Å². The summed E-state index contributed by atoms with van der Waals surface area (Å²) in [5, 5.41) is 67.9. The first-order valence-corrected chi connectivity index (χ1v) is 27.4. The Morgan fingerprint density at radius 3 is 2.21 bits per heavy atom. The minimum Gasteiger partial charge on any atom is -0.459 e. The number of aliphatic hydroxyl groups excluding tert-OH is 3. The van der Waals surface area contributed by atoms with Crippen LogP contribution in [0.5, 0.6) is 0 Å². The average molecular weight is 1060 g/mol. The largest absolute Gasteiger partial charge is 0.459 e. The van der Waals surface area contributed by atoms with E-state index >= 15 is 8.78 Å². The Morgan fingerprint density at radius 2 is 1.63 bits per heavy atom. The van der Waals surface area contributed by atoms with Gasteiger partial charge in [0.05, 0.1) is 52.1 Å². The minimum atomic E-state index is -3.79. The molecule has 0 saturated carbocycles. The van der Waals surface area contributed by atoms with Crippen LogP contribution in [0.3, 0.4) is 0 Å². The zero-order chi connectivity index (χ0) is 54.9. The van der Waals surface area contributed by atoms with Crippen LogP contribution in [0.4, 0.5) is 13.2 Å². The summed E-state index contributed by atoms with van der Waals surface area (Å²) in [6.45, 7) is 16.5. The van der Waals surface area contributed by atoms with E-state index in [9.17, 15) is 43.1 Å². The van der Waals surface area contributed by atoms with E-state index in [-0.39, 0.29) is 48.7 Å². The van der Waals surface area contributed by atoms with Crippen LogP contribution < -0.4 is 0 Å². The number of benzene rings is 1. The summed E-state index contributed by atoms with van der Waals surface area (Å²) in [5.41, 5.74) is -4.99. The van der Waals surface area contributed by atoms with Crippen LogP contribution in [0, 0.1) is 23.7 Å². The fourth-order valence-corrected chi connectivity index (χ4v) is 12.3. The van der Waals surface area contributed by atoms with Gasteiger partial charge in [0.15, 0.2) is 16.1 Å². The first kappa shape index (κ1) is 61.0. The lowest BCUT2D eigenvalue weighted by molar-refractivity contribution is -0.302. The number of carbonyl (C=O) groups is 1. The van der Waals surface area contributed by atoms with Gasteiger partial charge in [-0.2, -0.15) is 8.78 Å². The Hall–Kier alpha value is -2.87. The summed E-state index contributed by atoms with van der Waals surface area (Å²) >= 11 is 0. The predicted octanol–water partition coefficient (Wildman–Crippen LogP) is 4.08. The maximum Gasteiger partial charge on any atom is 0.309 e. The Balaban J connectivity index is 1.46. The highest BCUT2D eigenvalue weighted by Crippen LogP contribution is 2.45. The van der Waals surface area contributed by atoms with E-state index in [0.29, 0.717) is 13.0 Å². The van der Waals surface area contributed by atoms with Gasteiger partial charge in [0.25, 0.3) is 5.92 Å². The lowest BCUT2D eigenvalue weighted by Crippen LogP contribution is -2.62. The van der Waals surface area contributed by atoms with Crippen LogP contribution in [0.2, 0.25) is 0 Å². The topological polar surface area (TPSA) is 236 Å². The van der Waals surface area contributed by atoms with Gasteiger partial charge >= 0.3 is 5.97 Å². The third kappa shape index (κ3) is 13.5. The zero-order valence-corrected chi connectivity index (χ0v) is 45.9. The Kier molecular flexibility index (Phi) is 19.9. The van der Waals surface area contributed by atoms with Crippen molar-refractivity contribution in [2.75, 3.05) is 47.2 Å². The number of rotatable bonds is 14. The SMILES string of the molecule is CC[C@H]1OC(=O)[C@H](C)C([C@H]2C[C@@](C)(OC)[C@@H](O)[C@H](C)O2)[C@H](C)[C@@H](O[C@@H]2O[C@H](C)C[C@H](N(C)CCc3cn([C@H](CF)C(F)(F)c4ccc(S(C)(=O)=O)cc4)nn3)[C@H]2O)[C@](C)(O)C[C@@H](C)CN(C)[C@H](C)[C@@H](O)[C@]1(C)O. The van der Waals surface area contributed by atoms with Crippen molar-refractivity contribution >= 4 is 15.8 Å². The van der Waals surface area contributed by atoms with Gasteiger partial charge in [-0.15, -0.1) is 5.10 Å². The van der Waals surface area contributed by atoms with E-state index in [2.05, 4.69) is 10.3 Å². The van der Waals surface area contributed by atoms with Crippen molar-refractivity contribution < 1.29 is 75.6 Å². The molecule has 418 valence electrons. The van der Waals surface area contributed by atoms with Gasteiger partial charge in [-0.25, -0.2) is 17.5 Å². The number of hydrogen-bond acceptors (Lipinski definition) is 17. The first-order chi connectivity index (χ1) is 33.7. The molecule has 0 amide bonds. The van der Waals surface area contributed by atoms with Crippen molar-refractivity contribution in [3.63, 3.8) is 0 Å². The Labute approximate surface area is 429 Å². The van der Waals surface area contributed by atoms with Crippen molar-refractivity contribution in [3.05, 3.63) is 41.7 Å². The number of cyclic esters (lactones) is 1. The summed E-state index contributed by atoms with van der Waals surface area (Å²) < 4.78 is 102. The summed E-state index contributed by atoms with van der Waals surface area (Å²) in [5.74, 6) is -7.31. The molecule has 3 aliphatic heterocycles. The Morgan fingerprint density at radius 1 is 1.00 bits per heavy atom. The van der Waals surface area contributed by atoms with Crippen LogP contribution >= 0.6 is 0 Å². The van der Waals surface area contributed by atoms with Gasteiger partial charge in [0.1, 0.15) is 42.7 Å². The average Bonchev–Trinajstić information content (AvgIpc) is 3.78. The van der Waals surface area contributed by atoms with Crippen LogP contribution in [0.1, 0.15) is 112 Å². The molecule has 0 aliphatic carbocycles. The van der Waals surface area contributed by atoms with Crippen molar-refractivity contribution in [2.24, 2.45) is 23.7 Å². The molecular formula is C51H84F3N5O13S. The second kappa shape index (κ2) is 23.8. The second-order valence-corrected chi connectivity index (χ2v) is 24.3. The van der Waals surface area contributed by atoms with E-state index in [1.165, 1.54) is 20.2 Å². The predicted molar refractivity (Wildman–Crippen MR) is 264 cm³/mol. The molecule has 0 spiro atoms. The fraction of sp³-hybridized carbons (Fsp3) is 0.824. The third-order valence-corrected chi connectivity index (χ3v) is 17.4. The lowest BCUT2D eigenvalue weighted by Gasteiger charge is -2.51. The van der Waals surface area contributed by atoms with E-state index in [4.69, 9.17) is 23.7 Å². The summed E-state index contributed by atoms with van der Waals surface area (Å²) in [6, 6.07) is 0.666. The van der Waals surface area contributed by atoms with E-state index in [1.54, 1.807) is 55.6 Å². The molecular weight excluding hydrogens is 980 g/mol. The van der Waals surface area contributed by atoms with Gasteiger partial charge in [-0.05, 0) is 98.9 Å². The van der Waals surface area contributed by atoms with Gasteiger partial charge < -0.3 is 59.0 Å². The highest BCUT2D eigenvalue weighted by atomic mass is 32.2. The van der Waals surface area contributed by atoms with Gasteiger partial charge in [-0.1, -0.05) is 45.0 Å². The molecule has 2 aromatic rings. The highest BCUT2D eigenvalue weighted by molar-refractivity contribution is 7.90. The molecule has 1 unspecified atom stereocenters. The van der Waals surface area contributed by atoms with Crippen LogP contribution in [-0.2, 0) is 50.7 Å². The molecule has 22 heteroatoms. The van der Waals surface area contributed by atoms with Crippen molar-refractivity contribution in [2.45, 2.75) is 202 Å². The molecule has 19 atom stereocenters. The first-order valence-electron chi connectivity index (χ1n) is 25.5. The lowest BCUT2D eigenvalue weighted by atomic mass is 9.68. The molecule has 1 aromatic carbocycles. The van der Waals surface area contributed by atoms with Gasteiger partial charge in [0.2, 0.25) is 0 Å². The van der Waals surface area contributed by atoms with E-state index < -0.39 is 142 Å². The molecule has 3 aliphatic rings. The number of methoxy groups -OCH3 is 1. The maximum atomic E-state index is 15.7. The number of likely N-dealkylation sites (N-methyl/N-ethyl adjacent to an activating group) is 2. The monoisotopic (exact) mass is 1060 g/mol. The Bertz CT molecular complexity index is 2230. The molecule has 0 bridgehead atoms. The molecule has 18 nitrogen and oxygen atoms in total. The minimum absolute atomic E-state index is 0.126. The number of aliphatic hydroxyl groups is 5. The zero-order valence-electron chi connectivity index (χ0n) is 45.1. The number of carbonyl (C=O) groups excluding carboxylic acids is 1. The molecule has 4 heterocycles. The molecule has 5 N–H and O–H groups in total. The summed E-state index contributed by atoms with van der Waals surface area (Å²) in [6.07, 6.45) is -6.23. The number of hydrogen-bond donors (Lipinski definition) is 5. The van der Waals surface area contributed by atoms with Crippen molar-refractivity contribution in [1.29, 1.82) is 0 Å². The molecule has 5 rings (SSSR count). The quantitative estimate of drug-likeness (QED) is 0.168. The van der Waals surface area contributed by atoms with Crippen LogP contribution in [-0.4, -0.2) is 196 Å². The molecule has 1 aromatic heterocycles. The van der Waals surface area contributed by atoms with Crippen LogP contribution in [0.25, 0.3) is 0 Å². The summed E-state index contributed by atoms with van der Waals surface area (Å²) in [4.78, 5) is 18.2. The highest BCUT2D eigenvalue weighted by Gasteiger charge is 2.55. The smallest absolute Gasteiger partial charge is 0.309 e. The number of nitrogens with zero attached hydrogens (tertiary/aromatic N) is 5. The number of esters is 1. The standard InChI is InChI=1S/C51H84F3N5O13S/c1-15-40-50(10,65)43(61)32(6)58(12)26-28(2)23-48(8,64)45(30(4)41(31(5)46(63)71-40)38-24-49(9,68-13)44(62)33(7)70-38)72-47-42(60)37(22-29(3)69-47)57(11)21-20-35-27-59(56-55-35)39(25-52)51(53,54)34-16-18-36(19-17-34)73(14,66)67/h16-19,27-33,37-45,47,60-62,64-65H,15,20-26H2,1-14H3/t28-,29-,30+,31-,32-,33+,37+,38-,39-,40-,41?,42-,43-,44+,45-,47+,48-,49-,50-/m1/s1. The second-order valence-electron chi connectivity index (χ2n) is 22.3. The van der Waals surface area contributed by atoms with Crippen molar-refractivity contribution in [3.8, 4) is 0 Å². The number of sulfone groups is 1. The summed E-state index contributed by atoms with van der Waals surface area (Å²) in [7, 11) is 1.40. The number of halogens is 3. The fourth-order valence-electron chi connectivity index (χ4n) is 11.7. The molecule has 73 heavy (non-hydrogen) atoms. The van der Waals surface area contributed by atoms with Gasteiger partial charge in [0, 0.05) is 69.1 Å². The molecule has 3 fully saturated rings. The number of aromatic nitrogens is 3. The maximum absolute atomic E-state index is 15.7. The third-order valence-electron chi connectivity index (χ3n) is 16.3. The normalized spacial score (nSPS) is 39.7. The molecule has 3 saturated heterocycles. The van der Waals surface area contributed by atoms with Crippen molar-refractivity contribution in [1.82, 2.24) is 24.8 Å². The number of alkyl halides is 3. The number of ether oxygens (including phenoxy) is 5.